The standard InChI is InChI=1S/C17H14Cl2N2S2/c18-12-5-3-6-13(19)11(12)8-22-16-15-10-4-1-2-7-14(10)23-17(15)21-9-20-16/h3,5-6,9H,1-2,4,7-8H2. The van der Waals surface area contributed by atoms with Crippen LogP contribution in [0.4, 0.5) is 0 Å². The molecule has 0 unspecified atom stereocenters. The highest BCUT2D eigenvalue weighted by Gasteiger charge is 2.20. The van der Waals surface area contributed by atoms with Gasteiger partial charge in [-0.25, -0.2) is 9.97 Å². The SMILES string of the molecule is Clc1cccc(Cl)c1CSc1ncnc2sc3c(c12)CCCC3. The van der Waals surface area contributed by atoms with Gasteiger partial charge in [-0.3, -0.25) is 0 Å². The Bertz CT molecular complexity index is 856. The maximum Gasteiger partial charge on any atom is 0.128 e. The molecule has 23 heavy (non-hydrogen) atoms. The van der Waals surface area contributed by atoms with Crippen molar-refractivity contribution in [2.24, 2.45) is 0 Å². The predicted molar refractivity (Wildman–Crippen MR) is 100 cm³/mol. The lowest BCUT2D eigenvalue weighted by atomic mass is 9.97. The Hall–Kier alpha value is -0.810. The van der Waals surface area contributed by atoms with E-state index in [1.807, 2.05) is 29.5 Å². The van der Waals surface area contributed by atoms with Crippen LogP contribution in [0.2, 0.25) is 10.0 Å². The van der Waals surface area contributed by atoms with Crippen LogP contribution in [-0.2, 0) is 18.6 Å². The van der Waals surface area contributed by atoms with E-state index in [1.54, 1.807) is 18.1 Å². The third-order valence-corrected chi connectivity index (χ3v) is 7.06. The van der Waals surface area contributed by atoms with Gasteiger partial charge in [-0.15, -0.1) is 23.1 Å². The molecule has 3 aromatic rings. The minimum absolute atomic E-state index is 0.711. The first kappa shape index (κ1) is 15.7. The van der Waals surface area contributed by atoms with Crippen LogP contribution in [0.15, 0.2) is 29.6 Å². The molecule has 0 radical (unpaired) electrons. The van der Waals surface area contributed by atoms with E-state index in [0.717, 1.165) is 27.6 Å². The van der Waals surface area contributed by atoms with Crippen molar-refractivity contribution in [1.82, 2.24) is 9.97 Å². The largest absolute Gasteiger partial charge is 0.229 e. The van der Waals surface area contributed by atoms with Crippen LogP contribution in [0, 0.1) is 0 Å². The van der Waals surface area contributed by atoms with Crippen molar-refractivity contribution in [2.75, 3.05) is 0 Å². The maximum absolute atomic E-state index is 6.28. The second-order valence-corrected chi connectivity index (χ2v) is 8.42. The van der Waals surface area contributed by atoms with Crippen molar-refractivity contribution in [3.8, 4) is 0 Å². The van der Waals surface area contributed by atoms with Crippen molar-refractivity contribution in [1.29, 1.82) is 0 Å². The Morgan fingerprint density at radius 2 is 1.87 bits per heavy atom. The van der Waals surface area contributed by atoms with E-state index in [1.165, 1.54) is 35.1 Å². The summed E-state index contributed by atoms with van der Waals surface area (Å²) in [5.41, 5.74) is 2.43. The van der Waals surface area contributed by atoms with Gasteiger partial charge in [0.15, 0.2) is 0 Å². The van der Waals surface area contributed by atoms with Gasteiger partial charge in [0.2, 0.25) is 0 Å². The zero-order valence-electron chi connectivity index (χ0n) is 12.3. The zero-order valence-corrected chi connectivity index (χ0v) is 15.5. The lowest BCUT2D eigenvalue weighted by Crippen LogP contribution is -1.99. The molecule has 0 bridgehead atoms. The zero-order chi connectivity index (χ0) is 15.8. The number of benzene rings is 1. The van der Waals surface area contributed by atoms with Crippen LogP contribution in [0.5, 0.6) is 0 Å². The molecule has 2 nitrogen and oxygen atoms in total. The molecule has 0 aliphatic heterocycles. The normalized spacial score (nSPS) is 14.2. The van der Waals surface area contributed by atoms with Gasteiger partial charge in [0.1, 0.15) is 16.2 Å². The van der Waals surface area contributed by atoms with Crippen LogP contribution < -0.4 is 0 Å². The first-order valence-corrected chi connectivity index (χ1v) is 10.1. The smallest absolute Gasteiger partial charge is 0.128 e. The highest BCUT2D eigenvalue weighted by Crippen LogP contribution is 2.40. The lowest BCUT2D eigenvalue weighted by Gasteiger charge is -2.12. The summed E-state index contributed by atoms with van der Waals surface area (Å²) in [6, 6.07) is 5.63. The molecule has 1 aliphatic carbocycles. The number of aromatic nitrogens is 2. The number of halogens is 2. The fourth-order valence-electron chi connectivity index (χ4n) is 2.98. The van der Waals surface area contributed by atoms with Gasteiger partial charge in [-0.05, 0) is 48.9 Å². The number of nitrogens with zero attached hydrogens (tertiary/aromatic N) is 2. The predicted octanol–water partition coefficient (Wildman–Crippen LogP) is 6.17. The highest BCUT2D eigenvalue weighted by atomic mass is 35.5. The first-order valence-electron chi connectivity index (χ1n) is 7.55. The Morgan fingerprint density at radius 3 is 2.70 bits per heavy atom. The summed E-state index contributed by atoms with van der Waals surface area (Å²) in [4.78, 5) is 11.6. The van der Waals surface area contributed by atoms with Gasteiger partial charge < -0.3 is 0 Å². The summed E-state index contributed by atoms with van der Waals surface area (Å²) >= 11 is 16.1. The van der Waals surface area contributed by atoms with E-state index < -0.39 is 0 Å². The molecule has 1 aromatic carbocycles. The number of hydrogen-bond donors (Lipinski definition) is 0. The number of aryl methyl sites for hydroxylation is 2. The maximum atomic E-state index is 6.28. The number of hydrogen-bond acceptors (Lipinski definition) is 4. The lowest BCUT2D eigenvalue weighted by molar-refractivity contribution is 0.699. The molecule has 2 aromatic heterocycles. The van der Waals surface area contributed by atoms with Crippen LogP contribution in [0.1, 0.15) is 28.8 Å². The van der Waals surface area contributed by atoms with Gasteiger partial charge in [-0.2, -0.15) is 0 Å². The number of thiophene rings is 1. The summed E-state index contributed by atoms with van der Waals surface area (Å²) in [5.74, 6) is 0.718. The van der Waals surface area contributed by atoms with Gasteiger partial charge >= 0.3 is 0 Å². The van der Waals surface area contributed by atoms with Crippen LogP contribution >= 0.6 is 46.3 Å². The van der Waals surface area contributed by atoms with E-state index in [0.29, 0.717) is 10.0 Å². The fraction of sp³-hybridized carbons (Fsp3) is 0.294. The van der Waals surface area contributed by atoms with Crippen LogP contribution in [0.3, 0.4) is 0 Å². The van der Waals surface area contributed by atoms with E-state index >= 15 is 0 Å². The molecule has 2 heterocycles. The quantitative estimate of drug-likeness (QED) is 0.401. The van der Waals surface area contributed by atoms with Crippen molar-refractivity contribution in [3.05, 3.63) is 50.6 Å². The summed E-state index contributed by atoms with van der Waals surface area (Å²) in [7, 11) is 0. The molecule has 1 aliphatic rings. The van der Waals surface area contributed by atoms with Crippen LogP contribution in [-0.4, -0.2) is 9.97 Å². The molecule has 0 spiro atoms. The minimum atomic E-state index is 0.711. The van der Waals surface area contributed by atoms with E-state index in [4.69, 9.17) is 23.2 Å². The summed E-state index contributed by atoms with van der Waals surface area (Å²) < 4.78 is 0. The molecular formula is C17H14Cl2N2S2. The van der Waals surface area contributed by atoms with E-state index in [2.05, 4.69) is 9.97 Å². The summed E-state index contributed by atoms with van der Waals surface area (Å²) in [6.07, 6.45) is 6.53. The average molecular weight is 381 g/mol. The van der Waals surface area contributed by atoms with Gasteiger partial charge in [0.05, 0.1) is 0 Å². The van der Waals surface area contributed by atoms with Crippen molar-refractivity contribution < 1.29 is 0 Å². The van der Waals surface area contributed by atoms with E-state index in [9.17, 15) is 0 Å². The monoisotopic (exact) mass is 380 g/mol. The average Bonchev–Trinajstić information content (AvgIpc) is 2.93. The Labute approximate surface area is 153 Å². The second kappa shape index (κ2) is 6.60. The molecule has 0 fully saturated rings. The Kier molecular flexibility index (Phi) is 4.50. The first-order chi connectivity index (χ1) is 11.2. The van der Waals surface area contributed by atoms with Crippen LogP contribution in [0.25, 0.3) is 10.2 Å². The third-order valence-electron chi connectivity index (χ3n) is 4.13. The molecular weight excluding hydrogens is 367 g/mol. The van der Waals surface area contributed by atoms with Gasteiger partial charge in [0, 0.05) is 26.1 Å². The van der Waals surface area contributed by atoms with Gasteiger partial charge in [0.25, 0.3) is 0 Å². The second-order valence-electron chi connectivity index (χ2n) is 5.56. The number of thioether (sulfide) groups is 1. The highest BCUT2D eigenvalue weighted by molar-refractivity contribution is 7.98. The van der Waals surface area contributed by atoms with Crippen molar-refractivity contribution in [3.63, 3.8) is 0 Å². The molecule has 0 saturated carbocycles. The van der Waals surface area contributed by atoms with E-state index in [-0.39, 0.29) is 0 Å². The topological polar surface area (TPSA) is 25.8 Å². The molecule has 4 rings (SSSR count). The number of rotatable bonds is 3. The fourth-order valence-corrected chi connectivity index (χ4v) is 6.04. The molecule has 6 heteroatoms. The Morgan fingerprint density at radius 1 is 1.09 bits per heavy atom. The molecule has 0 amide bonds. The molecule has 0 N–H and O–H groups in total. The number of fused-ring (bicyclic) bond motifs is 3. The summed E-state index contributed by atoms with van der Waals surface area (Å²) in [5, 5.41) is 3.72. The third kappa shape index (κ3) is 2.98. The molecule has 0 saturated heterocycles. The van der Waals surface area contributed by atoms with Gasteiger partial charge in [-0.1, -0.05) is 29.3 Å². The van der Waals surface area contributed by atoms with Crippen molar-refractivity contribution >= 4 is 56.5 Å². The summed E-state index contributed by atoms with van der Waals surface area (Å²) in [6.45, 7) is 0. The minimum Gasteiger partial charge on any atom is -0.229 e. The van der Waals surface area contributed by atoms with Crippen molar-refractivity contribution in [2.45, 2.75) is 36.5 Å². The molecule has 0 atom stereocenters. The molecule has 118 valence electrons. The Balaban J connectivity index is 1.71.